The quantitative estimate of drug-likeness (QED) is 0.117. The molecular weight excluding hydrogens is 719 g/mol. The number of primary sulfonamides is 1. The van der Waals surface area contributed by atoms with Crippen LogP contribution in [0.5, 0.6) is 0 Å². The molecule has 0 amide bonds. The van der Waals surface area contributed by atoms with Crippen LogP contribution in [0.4, 0.5) is 0 Å². The van der Waals surface area contributed by atoms with E-state index in [1.54, 1.807) is 0 Å². The topological polar surface area (TPSA) is 156 Å². The minimum Gasteiger partial charge on any atom is -0.286 e. The largest absolute Gasteiger partial charge is 0.286 e. The fourth-order valence-electron chi connectivity index (χ4n) is 13.8. The Hall–Kier alpha value is -0.410. The van der Waals surface area contributed by atoms with Gasteiger partial charge >= 0.3 is 0 Å². The van der Waals surface area contributed by atoms with Crippen molar-refractivity contribution in [2.24, 2.45) is 52.5 Å². The van der Waals surface area contributed by atoms with Gasteiger partial charge in [-0.15, -0.1) is 0 Å². The summed E-state index contributed by atoms with van der Waals surface area (Å²) >= 11 is 0. The first-order valence-corrected chi connectivity index (χ1v) is 26.2. The Balaban J connectivity index is 0.000000236. The molecule has 10 N–H and O–H groups in total. The van der Waals surface area contributed by atoms with E-state index in [0.717, 1.165) is 60.2 Å². The Morgan fingerprint density at radius 1 is 0.357 bits per heavy atom. The molecule has 4 saturated carbocycles. The second-order valence-corrected chi connectivity index (χ2v) is 21.9. The molecule has 9 fully saturated rings. The summed E-state index contributed by atoms with van der Waals surface area (Å²) in [5.41, 5.74) is 0. The molecule has 5 saturated heterocycles. The molecule has 0 aromatic carbocycles. The van der Waals surface area contributed by atoms with Gasteiger partial charge in [0, 0.05) is 0 Å². The smallest absolute Gasteiger partial charge is 0.209 e. The van der Waals surface area contributed by atoms with E-state index in [4.69, 9.17) is 5.14 Å². The van der Waals surface area contributed by atoms with Gasteiger partial charge in [-0.1, -0.05) is 116 Å². The third kappa shape index (κ3) is 10.2. The van der Waals surface area contributed by atoms with Gasteiger partial charge in [0.1, 0.15) is 0 Å². The molecule has 9 aliphatic rings. The van der Waals surface area contributed by atoms with Crippen molar-refractivity contribution in [1.29, 1.82) is 0 Å². The van der Waals surface area contributed by atoms with Crippen molar-refractivity contribution in [2.45, 2.75) is 223 Å². The van der Waals surface area contributed by atoms with E-state index in [1.165, 1.54) is 148 Å². The average molecular weight is 802 g/mol. The highest BCUT2D eigenvalue weighted by atomic mass is 32.2. The third-order valence-electron chi connectivity index (χ3n) is 16.6. The van der Waals surface area contributed by atoms with E-state index < -0.39 is 10.0 Å². The highest BCUT2D eigenvalue weighted by Crippen LogP contribution is 2.45. The van der Waals surface area contributed by atoms with Crippen molar-refractivity contribution in [3.63, 3.8) is 0 Å². The van der Waals surface area contributed by atoms with Gasteiger partial charge < -0.3 is 0 Å². The average Bonchev–Trinajstić information content (AvgIpc) is 3.94. The van der Waals surface area contributed by atoms with Gasteiger partial charge in [0.2, 0.25) is 10.0 Å². The molecule has 5 aliphatic heterocycles. The predicted molar refractivity (Wildman–Crippen MR) is 227 cm³/mol. The SMILES string of the molecule is C1CCC2C3NC(NC4NC(NC5NC(NC6NC(N3)C3CCCCC63)C3CCCCC53)C3CCCCC43)C2C1.CCCCCCCCCCCCS(N)(=O)=O. The maximum absolute atomic E-state index is 10.6. The zero-order chi connectivity index (χ0) is 38.5. The van der Waals surface area contributed by atoms with Gasteiger partial charge in [0.15, 0.2) is 0 Å². The number of sulfonamides is 1. The Kier molecular flexibility index (Phi) is 15.1. The van der Waals surface area contributed by atoms with E-state index in [1.807, 2.05) is 0 Å². The van der Waals surface area contributed by atoms with Gasteiger partial charge in [0.25, 0.3) is 0 Å². The van der Waals surface area contributed by atoms with Crippen LogP contribution < -0.4 is 47.7 Å². The van der Waals surface area contributed by atoms with E-state index in [2.05, 4.69) is 49.5 Å². The monoisotopic (exact) mass is 802 g/mol. The minimum atomic E-state index is -3.23. The second-order valence-electron chi connectivity index (χ2n) is 20.2. The molecule has 11 nitrogen and oxygen atoms in total. The van der Waals surface area contributed by atoms with Gasteiger partial charge in [-0.2, -0.15) is 0 Å². The number of unbranched alkanes of at least 4 members (excludes halogenated alkanes) is 9. The maximum atomic E-state index is 10.6. The van der Waals surface area contributed by atoms with Crippen molar-refractivity contribution >= 4 is 10.0 Å². The highest BCUT2D eigenvalue weighted by Gasteiger charge is 2.54. The maximum Gasteiger partial charge on any atom is 0.209 e. The first-order chi connectivity index (χ1) is 27.4. The molecule has 8 bridgehead atoms. The fourth-order valence-corrected chi connectivity index (χ4v) is 14.4. The fraction of sp³-hybridized carbons (Fsp3) is 1.00. The highest BCUT2D eigenvalue weighted by molar-refractivity contribution is 7.89. The molecule has 12 heteroatoms. The zero-order valence-electron chi connectivity index (χ0n) is 35.1. The molecule has 0 aromatic rings. The van der Waals surface area contributed by atoms with Crippen molar-refractivity contribution in [1.82, 2.24) is 42.5 Å². The van der Waals surface area contributed by atoms with Gasteiger partial charge in [-0.05, 0) is 105 Å². The molecule has 8 unspecified atom stereocenters. The van der Waals surface area contributed by atoms with E-state index >= 15 is 0 Å². The van der Waals surface area contributed by atoms with Crippen LogP contribution in [0.2, 0.25) is 0 Å². The number of hydrogen-bond donors (Lipinski definition) is 9. The lowest BCUT2D eigenvalue weighted by atomic mass is 9.76. The number of hydrogen-bond acceptors (Lipinski definition) is 10. The van der Waals surface area contributed by atoms with Crippen molar-refractivity contribution in [3.05, 3.63) is 0 Å². The number of nitrogens with two attached hydrogens (primary N) is 1. The number of fused-ring (bicyclic) bond motifs is 20. The van der Waals surface area contributed by atoms with E-state index in [0.29, 0.717) is 55.7 Å². The molecule has 322 valence electrons. The van der Waals surface area contributed by atoms with Crippen LogP contribution in [-0.2, 0) is 10.0 Å². The number of rotatable bonds is 11. The summed E-state index contributed by atoms with van der Waals surface area (Å²) in [6.07, 6.45) is 37.6. The summed E-state index contributed by atoms with van der Waals surface area (Å²) in [6, 6.07) is 0. The van der Waals surface area contributed by atoms with Crippen molar-refractivity contribution in [2.75, 3.05) is 5.75 Å². The summed E-state index contributed by atoms with van der Waals surface area (Å²) in [6.45, 7) is 2.23. The van der Waals surface area contributed by atoms with E-state index in [9.17, 15) is 8.42 Å². The summed E-state index contributed by atoms with van der Waals surface area (Å²) in [5, 5.41) is 38.7. The molecule has 56 heavy (non-hydrogen) atoms. The Morgan fingerprint density at radius 3 is 0.750 bits per heavy atom. The van der Waals surface area contributed by atoms with Crippen molar-refractivity contribution < 1.29 is 8.42 Å². The second kappa shape index (κ2) is 20.0. The Labute approximate surface area is 341 Å². The van der Waals surface area contributed by atoms with Gasteiger partial charge in [0.05, 0.1) is 55.1 Å². The van der Waals surface area contributed by atoms with Crippen LogP contribution in [0.15, 0.2) is 0 Å². The third-order valence-corrected chi connectivity index (χ3v) is 17.4. The standard InChI is InChI=1S/C32H56N8.C12H27NO2S/c1-2-10-18-17(9-1)25-33-26(18)38-28-21-13-5-6-14-22(21)30(35-28)40-32-24-16-8-7-15-23(24)31(36-32)39-29-20-12-4-3-11-19(20)27(34-29)37-25;1-2-3-4-5-6-7-8-9-10-11-12-16(13,14)15/h17-40H,1-16H2;2-12H2,1H3,(H2,13,14,15). The van der Waals surface area contributed by atoms with Gasteiger partial charge in [-0.3, -0.25) is 42.5 Å². The first kappa shape index (κ1) is 42.3. The van der Waals surface area contributed by atoms with Crippen LogP contribution in [0.1, 0.15) is 174 Å². The molecule has 4 aliphatic carbocycles. The molecule has 0 spiro atoms. The van der Waals surface area contributed by atoms with Crippen LogP contribution in [0, 0.1) is 47.3 Å². The summed E-state index contributed by atoms with van der Waals surface area (Å²) in [4.78, 5) is 0. The van der Waals surface area contributed by atoms with Crippen LogP contribution in [-0.4, -0.2) is 63.5 Å². The van der Waals surface area contributed by atoms with Crippen LogP contribution in [0.25, 0.3) is 0 Å². The van der Waals surface area contributed by atoms with Crippen LogP contribution >= 0.6 is 0 Å². The predicted octanol–water partition coefficient (Wildman–Crippen LogP) is 5.80. The van der Waals surface area contributed by atoms with E-state index in [-0.39, 0.29) is 5.75 Å². The summed E-state index contributed by atoms with van der Waals surface area (Å²) < 4.78 is 21.3. The summed E-state index contributed by atoms with van der Waals surface area (Å²) in [5.74, 6) is 6.11. The molecule has 5 heterocycles. The van der Waals surface area contributed by atoms with Crippen molar-refractivity contribution in [3.8, 4) is 0 Å². The molecule has 9 rings (SSSR count). The molecule has 8 atom stereocenters. The lowest BCUT2D eigenvalue weighted by Gasteiger charge is -2.35. The normalized spacial score (nSPS) is 44.5. The van der Waals surface area contributed by atoms with Crippen LogP contribution in [0.3, 0.4) is 0 Å². The number of nitrogens with one attached hydrogen (secondary N) is 8. The van der Waals surface area contributed by atoms with Gasteiger partial charge in [-0.25, -0.2) is 13.6 Å². The Bertz CT molecular complexity index is 1120. The molecular formula is C44H83N9O2S. The lowest BCUT2D eigenvalue weighted by Crippen LogP contribution is -2.61. The molecule has 0 aromatic heterocycles. The first-order valence-electron chi connectivity index (χ1n) is 24.4. The summed E-state index contributed by atoms with van der Waals surface area (Å²) in [7, 11) is -3.23. The lowest BCUT2D eigenvalue weighted by molar-refractivity contribution is 0.167. The molecule has 0 radical (unpaired) electrons. The zero-order valence-corrected chi connectivity index (χ0v) is 35.9. The minimum absolute atomic E-state index is 0.142. The Morgan fingerprint density at radius 2 is 0.554 bits per heavy atom.